The smallest absolute Gasteiger partial charge is 0.0456 e. The first-order valence-corrected chi connectivity index (χ1v) is 5.82. The van der Waals surface area contributed by atoms with Crippen LogP contribution in [-0.4, -0.2) is 19.3 Å². The van der Waals surface area contributed by atoms with E-state index >= 15 is 0 Å². The molecular formula is C11H22N2. The third-order valence-electron chi connectivity index (χ3n) is 3.70. The van der Waals surface area contributed by atoms with Crippen LogP contribution in [0.15, 0.2) is 0 Å². The predicted molar refractivity (Wildman–Crippen MR) is 55.5 cm³/mol. The van der Waals surface area contributed by atoms with Crippen LogP contribution in [0.25, 0.3) is 0 Å². The largest absolute Gasteiger partial charge is 0.304 e. The molecule has 0 aromatic heterocycles. The van der Waals surface area contributed by atoms with Gasteiger partial charge >= 0.3 is 0 Å². The Bertz CT molecular complexity index is 152. The fourth-order valence-electron chi connectivity index (χ4n) is 2.94. The average molecular weight is 182 g/mol. The van der Waals surface area contributed by atoms with Gasteiger partial charge in [0.2, 0.25) is 0 Å². The average Bonchev–Trinajstić information content (AvgIpc) is 2.20. The Morgan fingerprint density at radius 3 is 2.54 bits per heavy atom. The SMILES string of the molecule is CC1CNCNC1C1CCCCC1. The zero-order valence-corrected chi connectivity index (χ0v) is 8.68. The molecule has 0 bridgehead atoms. The zero-order chi connectivity index (χ0) is 9.10. The molecule has 76 valence electrons. The van der Waals surface area contributed by atoms with Gasteiger partial charge in [-0.15, -0.1) is 0 Å². The summed E-state index contributed by atoms with van der Waals surface area (Å²) >= 11 is 0. The van der Waals surface area contributed by atoms with Crippen molar-refractivity contribution in [2.45, 2.75) is 45.1 Å². The summed E-state index contributed by atoms with van der Waals surface area (Å²) in [6.45, 7) is 4.60. The standard InChI is InChI=1S/C11H22N2/c1-9-7-12-8-13-11(9)10-5-3-2-4-6-10/h9-13H,2-8H2,1H3. The maximum absolute atomic E-state index is 3.63. The van der Waals surface area contributed by atoms with Gasteiger partial charge in [-0.25, -0.2) is 0 Å². The van der Waals surface area contributed by atoms with Crippen LogP contribution in [0, 0.1) is 11.8 Å². The van der Waals surface area contributed by atoms with Crippen LogP contribution in [0.1, 0.15) is 39.0 Å². The topological polar surface area (TPSA) is 24.1 Å². The number of rotatable bonds is 1. The third-order valence-corrected chi connectivity index (χ3v) is 3.70. The highest BCUT2D eigenvalue weighted by molar-refractivity contribution is 4.86. The van der Waals surface area contributed by atoms with Gasteiger partial charge in [0.05, 0.1) is 0 Å². The van der Waals surface area contributed by atoms with Crippen LogP contribution in [0.3, 0.4) is 0 Å². The van der Waals surface area contributed by atoms with Gasteiger partial charge in [0.25, 0.3) is 0 Å². The molecule has 2 nitrogen and oxygen atoms in total. The van der Waals surface area contributed by atoms with Crippen molar-refractivity contribution in [3.8, 4) is 0 Å². The van der Waals surface area contributed by atoms with Crippen LogP contribution >= 0.6 is 0 Å². The second-order valence-electron chi connectivity index (χ2n) is 4.74. The maximum Gasteiger partial charge on any atom is 0.0456 e. The molecule has 1 saturated carbocycles. The van der Waals surface area contributed by atoms with Crippen molar-refractivity contribution < 1.29 is 0 Å². The summed E-state index contributed by atoms with van der Waals surface area (Å²) in [4.78, 5) is 0. The van der Waals surface area contributed by atoms with Crippen molar-refractivity contribution in [3.05, 3.63) is 0 Å². The Morgan fingerprint density at radius 2 is 1.85 bits per heavy atom. The molecule has 0 radical (unpaired) electrons. The minimum absolute atomic E-state index is 0.793. The van der Waals surface area contributed by atoms with Crippen molar-refractivity contribution >= 4 is 0 Å². The van der Waals surface area contributed by atoms with Gasteiger partial charge in [0, 0.05) is 19.3 Å². The molecule has 13 heavy (non-hydrogen) atoms. The van der Waals surface area contributed by atoms with E-state index in [9.17, 15) is 0 Å². The van der Waals surface area contributed by atoms with Gasteiger partial charge in [-0.2, -0.15) is 0 Å². The lowest BCUT2D eigenvalue weighted by Crippen LogP contribution is -2.54. The second-order valence-corrected chi connectivity index (χ2v) is 4.74. The van der Waals surface area contributed by atoms with Crippen molar-refractivity contribution in [1.82, 2.24) is 10.6 Å². The van der Waals surface area contributed by atoms with E-state index in [1.54, 1.807) is 0 Å². The highest BCUT2D eigenvalue weighted by atomic mass is 15.1. The fraction of sp³-hybridized carbons (Fsp3) is 1.00. The number of nitrogens with one attached hydrogen (secondary N) is 2. The first kappa shape index (κ1) is 9.47. The molecule has 2 rings (SSSR count). The first-order valence-electron chi connectivity index (χ1n) is 5.82. The van der Waals surface area contributed by atoms with Crippen LogP contribution in [0.4, 0.5) is 0 Å². The summed E-state index contributed by atoms with van der Waals surface area (Å²) in [6.07, 6.45) is 7.31. The Morgan fingerprint density at radius 1 is 1.08 bits per heavy atom. The van der Waals surface area contributed by atoms with Crippen LogP contribution in [-0.2, 0) is 0 Å². The lowest BCUT2D eigenvalue weighted by atomic mass is 9.78. The molecule has 2 N–H and O–H groups in total. The lowest BCUT2D eigenvalue weighted by molar-refractivity contribution is 0.182. The molecule has 1 aliphatic heterocycles. The fourth-order valence-corrected chi connectivity index (χ4v) is 2.94. The van der Waals surface area contributed by atoms with Crippen LogP contribution < -0.4 is 10.6 Å². The van der Waals surface area contributed by atoms with Gasteiger partial charge in [-0.05, 0) is 24.7 Å². The van der Waals surface area contributed by atoms with Gasteiger partial charge < -0.3 is 10.6 Å². The summed E-state index contributed by atoms with van der Waals surface area (Å²) in [5, 5.41) is 7.02. The predicted octanol–water partition coefficient (Wildman–Crippen LogP) is 1.72. The Kier molecular flexibility index (Phi) is 3.23. The quantitative estimate of drug-likeness (QED) is 0.645. The van der Waals surface area contributed by atoms with Crippen molar-refractivity contribution in [2.24, 2.45) is 11.8 Å². The van der Waals surface area contributed by atoms with Gasteiger partial charge in [-0.3, -0.25) is 0 Å². The lowest BCUT2D eigenvalue weighted by Gasteiger charge is -2.38. The van der Waals surface area contributed by atoms with Crippen LogP contribution in [0.2, 0.25) is 0 Å². The summed E-state index contributed by atoms with van der Waals surface area (Å²) in [7, 11) is 0. The highest BCUT2D eigenvalue weighted by Crippen LogP contribution is 2.29. The summed E-state index contributed by atoms with van der Waals surface area (Å²) in [6, 6.07) is 0.793. The van der Waals surface area contributed by atoms with Crippen LogP contribution in [0.5, 0.6) is 0 Å². The van der Waals surface area contributed by atoms with Crippen molar-refractivity contribution in [1.29, 1.82) is 0 Å². The monoisotopic (exact) mass is 182 g/mol. The number of hydrogen-bond donors (Lipinski definition) is 2. The summed E-state index contributed by atoms with van der Waals surface area (Å²) in [5.41, 5.74) is 0. The third kappa shape index (κ3) is 2.23. The Labute approximate surface area is 81.5 Å². The zero-order valence-electron chi connectivity index (χ0n) is 8.68. The van der Waals surface area contributed by atoms with E-state index in [-0.39, 0.29) is 0 Å². The van der Waals surface area contributed by atoms with E-state index in [4.69, 9.17) is 0 Å². The molecule has 0 spiro atoms. The molecule has 2 unspecified atom stereocenters. The van der Waals surface area contributed by atoms with Gasteiger partial charge in [0.15, 0.2) is 0 Å². The minimum Gasteiger partial charge on any atom is -0.304 e. The molecule has 2 fully saturated rings. The molecule has 1 heterocycles. The summed E-state index contributed by atoms with van der Waals surface area (Å²) < 4.78 is 0. The first-order chi connectivity index (χ1) is 6.38. The maximum atomic E-state index is 3.63. The molecule has 0 aromatic carbocycles. The van der Waals surface area contributed by atoms with E-state index in [0.29, 0.717) is 0 Å². The van der Waals surface area contributed by atoms with E-state index in [1.807, 2.05) is 0 Å². The molecular weight excluding hydrogens is 160 g/mol. The van der Waals surface area contributed by atoms with Crippen molar-refractivity contribution in [3.63, 3.8) is 0 Å². The van der Waals surface area contributed by atoms with Crippen molar-refractivity contribution in [2.75, 3.05) is 13.2 Å². The minimum atomic E-state index is 0.793. The Balaban J connectivity index is 1.88. The molecule has 1 aliphatic carbocycles. The molecule has 2 atom stereocenters. The second kappa shape index (κ2) is 4.43. The number of hydrogen-bond acceptors (Lipinski definition) is 2. The molecule has 2 heteroatoms. The van der Waals surface area contributed by atoms with E-state index in [2.05, 4.69) is 17.6 Å². The molecule has 1 saturated heterocycles. The Hall–Kier alpha value is -0.0800. The van der Waals surface area contributed by atoms with Gasteiger partial charge in [0.1, 0.15) is 0 Å². The normalized spacial score (nSPS) is 37.6. The highest BCUT2D eigenvalue weighted by Gasteiger charge is 2.29. The van der Waals surface area contributed by atoms with E-state index in [1.165, 1.54) is 38.6 Å². The molecule has 0 amide bonds. The molecule has 2 aliphatic rings. The van der Waals surface area contributed by atoms with E-state index in [0.717, 1.165) is 24.5 Å². The van der Waals surface area contributed by atoms with E-state index < -0.39 is 0 Å². The van der Waals surface area contributed by atoms with Gasteiger partial charge in [-0.1, -0.05) is 26.2 Å². The molecule has 0 aromatic rings. The summed E-state index contributed by atoms with van der Waals surface area (Å²) in [5.74, 6) is 1.78.